The Balaban J connectivity index is 1.70. The molecule has 29 heavy (non-hydrogen) atoms. The summed E-state index contributed by atoms with van der Waals surface area (Å²) in [5, 5.41) is 0. The fourth-order valence-electron chi connectivity index (χ4n) is 5.12. The summed E-state index contributed by atoms with van der Waals surface area (Å²) < 4.78 is 12.1. The number of rotatable bonds is 0. The molecule has 0 bridgehead atoms. The Bertz CT molecular complexity index is 866. The van der Waals surface area contributed by atoms with Crippen LogP contribution in [-0.4, -0.2) is 29.6 Å². The molecule has 0 radical (unpaired) electrons. The molecule has 1 aromatic rings. The van der Waals surface area contributed by atoms with E-state index < -0.39 is 11.9 Å². The van der Waals surface area contributed by atoms with Crippen LogP contribution in [0.4, 0.5) is 0 Å². The number of ketones is 2. The minimum absolute atomic E-state index is 0.0274. The summed E-state index contributed by atoms with van der Waals surface area (Å²) in [7, 11) is 0. The SMILES string of the molecule is Cc1cc(C)c2c(c1)C1CC1C[C@@H]1OC(C)(C)O[C@@H]1C(=O)/C=C/C[C@H](C)CC2=O. The second-order valence-electron chi connectivity index (χ2n) is 9.75. The third-order valence-electron chi connectivity index (χ3n) is 6.46. The second-order valence-corrected chi connectivity index (χ2v) is 9.75. The van der Waals surface area contributed by atoms with E-state index in [1.807, 2.05) is 19.9 Å². The Morgan fingerprint density at radius 3 is 2.59 bits per heavy atom. The van der Waals surface area contributed by atoms with Gasteiger partial charge < -0.3 is 9.47 Å². The van der Waals surface area contributed by atoms with Crippen molar-refractivity contribution in [2.45, 2.75) is 84.2 Å². The van der Waals surface area contributed by atoms with Crippen LogP contribution in [0.25, 0.3) is 0 Å². The first-order valence-corrected chi connectivity index (χ1v) is 10.8. The van der Waals surface area contributed by atoms with Crippen molar-refractivity contribution < 1.29 is 19.1 Å². The topological polar surface area (TPSA) is 52.6 Å². The minimum atomic E-state index is -0.745. The average molecular weight is 397 g/mol. The molecule has 0 spiro atoms. The Kier molecular flexibility index (Phi) is 5.28. The van der Waals surface area contributed by atoms with Gasteiger partial charge in [0.25, 0.3) is 0 Å². The van der Waals surface area contributed by atoms with Crippen molar-refractivity contribution in [3.05, 3.63) is 46.5 Å². The molecule has 4 heteroatoms. The molecule has 1 aliphatic heterocycles. The van der Waals surface area contributed by atoms with Gasteiger partial charge in [0.2, 0.25) is 0 Å². The van der Waals surface area contributed by atoms with Crippen molar-refractivity contribution >= 4 is 11.6 Å². The monoisotopic (exact) mass is 396 g/mol. The molecule has 156 valence electrons. The van der Waals surface area contributed by atoms with E-state index >= 15 is 0 Å². The number of hydrogen-bond acceptors (Lipinski definition) is 4. The molecule has 2 fully saturated rings. The van der Waals surface area contributed by atoms with E-state index in [-0.39, 0.29) is 23.6 Å². The molecule has 0 aromatic heterocycles. The van der Waals surface area contributed by atoms with Crippen LogP contribution in [0.5, 0.6) is 0 Å². The second kappa shape index (κ2) is 7.48. The first kappa shape index (κ1) is 20.5. The van der Waals surface area contributed by atoms with Crippen LogP contribution in [0.15, 0.2) is 24.3 Å². The maximum absolute atomic E-state index is 13.2. The van der Waals surface area contributed by atoms with E-state index in [2.05, 4.69) is 32.9 Å². The fraction of sp³-hybridized carbons (Fsp3) is 0.600. The number of benzene rings is 1. The lowest BCUT2D eigenvalue weighted by atomic mass is 9.87. The summed E-state index contributed by atoms with van der Waals surface area (Å²) in [4.78, 5) is 26.0. The maximum Gasteiger partial charge on any atom is 0.186 e. The summed E-state index contributed by atoms with van der Waals surface area (Å²) >= 11 is 0. The highest BCUT2D eigenvalue weighted by atomic mass is 16.8. The number of carbonyl (C=O) groups excluding carboxylic acids is 2. The largest absolute Gasteiger partial charge is 0.344 e. The molecule has 3 aliphatic rings. The van der Waals surface area contributed by atoms with Gasteiger partial charge in [-0.2, -0.15) is 0 Å². The zero-order valence-electron chi connectivity index (χ0n) is 18.2. The summed E-state index contributed by atoms with van der Waals surface area (Å²) in [6.45, 7) is 9.97. The fourth-order valence-corrected chi connectivity index (χ4v) is 5.12. The van der Waals surface area contributed by atoms with Crippen LogP contribution in [-0.2, 0) is 14.3 Å². The average Bonchev–Trinajstić information content (AvgIpc) is 3.28. The van der Waals surface area contributed by atoms with Crippen LogP contribution < -0.4 is 0 Å². The normalized spacial score (nSPS) is 35.3. The Morgan fingerprint density at radius 1 is 1.07 bits per heavy atom. The van der Waals surface area contributed by atoms with Crippen molar-refractivity contribution in [2.75, 3.05) is 0 Å². The Hall–Kier alpha value is -1.78. The van der Waals surface area contributed by atoms with Crippen LogP contribution in [0.2, 0.25) is 0 Å². The number of aryl methyl sites for hydroxylation is 2. The zero-order chi connectivity index (χ0) is 20.9. The summed E-state index contributed by atoms with van der Waals surface area (Å²) in [5.41, 5.74) is 4.40. The highest BCUT2D eigenvalue weighted by Gasteiger charge is 2.49. The van der Waals surface area contributed by atoms with Crippen LogP contribution in [0.3, 0.4) is 0 Å². The molecule has 4 rings (SSSR count). The number of Topliss-reactive ketones (excluding diaryl/α,β-unsaturated/α-hetero) is 1. The first-order valence-electron chi connectivity index (χ1n) is 10.8. The van der Waals surface area contributed by atoms with Crippen LogP contribution >= 0.6 is 0 Å². The van der Waals surface area contributed by atoms with Gasteiger partial charge in [-0.25, -0.2) is 0 Å². The standard InChI is InChI=1S/C25H32O4/c1-14-7-6-8-20(26)24-22(28-25(4,5)29-24)13-17-12-18(17)19-10-15(2)9-16(3)23(19)21(27)11-14/h6,8-10,14,17-18,22,24H,7,11-13H2,1-5H3/b8-6+/t14-,17?,18?,22-,24+/m0/s1. The van der Waals surface area contributed by atoms with Gasteiger partial charge in [-0.15, -0.1) is 0 Å². The lowest BCUT2D eigenvalue weighted by Crippen LogP contribution is -2.31. The van der Waals surface area contributed by atoms with E-state index in [1.54, 1.807) is 6.08 Å². The number of ether oxygens (including phenoxy) is 2. The van der Waals surface area contributed by atoms with Crippen molar-refractivity contribution in [2.24, 2.45) is 11.8 Å². The number of fused-ring (bicyclic) bond motifs is 4. The molecule has 2 unspecified atom stereocenters. The highest BCUT2D eigenvalue weighted by molar-refractivity contribution is 5.99. The van der Waals surface area contributed by atoms with E-state index in [4.69, 9.17) is 9.47 Å². The van der Waals surface area contributed by atoms with Crippen molar-refractivity contribution in [1.82, 2.24) is 0 Å². The molecule has 4 nitrogen and oxygen atoms in total. The van der Waals surface area contributed by atoms with Crippen molar-refractivity contribution in [3.63, 3.8) is 0 Å². The predicted molar refractivity (Wildman–Crippen MR) is 112 cm³/mol. The molecule has 0 amide bonds. The van der Waals surface area contributed by atoms with Gasteiger partial charge in [0.1, 0.15) is 6.10 Å². The number of hydrogen-bond donors (Lipinski definition) is 0. The molecule has 1 aromatic carbocycles. The van der Waals surface area contributed by atoms with Crippen LogP contribution in [0.1, 0.15) is 79.4 Å². The van der Waals surface area contributed by atoms with E-state index in [1.165, 1.54) is 11.1 Å². The highest BCUT2D eigenvalue weighted by Crippen LogP contribution is 2.53. The Labute approximate surface area is 173 Å². The zero-order valence-corrected chi connectivity index (χ0v) is 18.2. The summed E-state index contributed by atoms with van der Waals surface area (Å²) in [6.07, 6.45) is 5.77. The minimum Gasteiger partial charge on any atom is -0.344 e. The lowest BCUT2D eigenvalue weighted by Gasteiger charge is -2.18. The molecular weight excluding hydrogens is 364 g/mol. The van der Waals surface area contributed by atoms with Crippen molar-refractivity contribution in [3.8, 4) is 0 Å². The van der Waals surface area contributed by atoms with E-state index in [0.717, 1.165) is 24.0 Å². The molecular formula is C25H32O4. The number of carbonyl (C=O) groups is 2. The summed E-state index contributed by atoms with van der Waals surface area (Å²) in [5.74, 6) is 0.429. The van der Waals surface area contributed by atoms with Crippen molar-refractivity contribution in [1.29, 1.82) is 0 Å². The lowest BCUT2D eigenvalue weighted by molar-refractivity contribution is -0.153. The maximum atomic E-state index is 13.2. The van der Waals surface area contributed by atoms with Gasteiger partial charge in [0, 0.05) is 12.0 Å². The quantitative estimate of drug-likeness (QED) is 0.615. The van der Waals surface area contributed by atoms with E-state index in [9.17, 15) is 9.59 Å². The van der Waals surface area contributed by atoms with E-state index in [0.29, 0.717) is 24.7 Å². The molecule has 1 heterocycles. The van der Waals surface area contributed by atoms with Gasteiger partial charge >= 0.3 is 0 Å². The smallest absolute Gasteiger partial charge is 0.186 e. The van der Waals surface area contributed by atoms with Gasteiger partial charge in [0.05, 0.1) is 6.10 Å². The van der Waals surface area contributed by atoms with Gasteiger partial charge in [-0.05, 0) is 81.9 Å². The molecule has 1 saturated heterocycles. The summed E-state index contributed by atoms with van der Waals surface area (Å²) in [6, 6.07) is 4.31. The third-order valence-corrected chi connectivity index (χ3v) is 6.46. The van der Waals surface area contributed by atoms with Gasteiger partial charge in [0.15, 0.2) is 17.4 Å². The molecule has 0 N–H and O–H groups in total. The predicted octanol–water partition coefficient (Wildman–Crippen LogP) is 5.06. The number of allylic oxidation sites excluding steroid dienone is 1. The van der Waals surface area contributed by atoms with Gasteiger partial charge in [-0.1, -0.05) is 30.7 Å². The molecule has 5 atom stereocenters. The third kappa shape index (κ3) is 4.24. The first-order chi connectivity index (χ1) is 13.6. The Morgan fingerprint density at radius 2 is 1.83 bits per heavy atom. The molecule has 1 saturated carbocycles. The van der Waals surface area contributed by atoms with Crippen LogP contribution in [0, 0.1) is 25.7 Å². The molecule has 2 aliphatic carbocycles. The van der Waals surface area contributed by atoms with Gasteiger partial charge in [-0.3, -0.25) is 9.59 Å².